The average Bonchev–Trinajstić information content (AvgIpc) is 2.41. The number of carboxylic acids is 1. The molecule has 0 fully saturated rings. The van der Waals surface area contributed by atoms with Crippen LogP contribution in [0.15, 0.2) is 48.8 Å². The fraction of sp³-hybridized carbons (Fsp3) is 0.0714. The topological polar surface area (TPSA) is 79.3 Å². The van der Waals surface area contributed by atoms with Crippen molar-refractivity contribution in [1.29, 1.82) is 0 Å². The van der Waals surface area contributed by atoms with Crippen LogP contribution in [-0.2, 0) is 11.2 Å². The fourth-order valence-electron chi connectivity index (χ4n) is 1.66. The molecule has 2 N–H and O–H groups in total. The SMILES string of the molecule is O=C(O)Cc1ccccc1NC(=O)c1ccncc1. The van der Waals surface area contributed by atoms with Crippen molar-refractivity contribution in [3.63, 3.8) is 0 Å². The van der Waals surface area contributed by atoms with Gasteiger partial charge >= 0.3 is 5.97 Å². The van der Waals surface area contributed by atoms with Gasteiger partial charge in [0, 0.05) is 23.6 Å². The van der Waals surface area contributed by atoms with Gasteiger partial charge in [-0.2, -0.15) is 0 Å². The maximum Gasteiger partial charge on any atom is 0.307 e. The van der Waals surface area contributed by atoms with E-state index >= 15 is 0 Å². The second-order valence-corrected chi connectivity index (χ2v) is 3.92. The predicted octanol–water partition coefficient (Wildman–Crippen LogP) is 1.96. The smallest absolute Gasteiger partial charge is 0.307 e. The van der Waals surface area contributed by atoms with Crippen molar-refractivity contribution < 1.29 is 14.7 Å². The number of nitrogens with zero attached hydrogens (tertiary/aromatic N) is 1. The lowest BCUT2D eigenvalue weighted by atomic mass is 10.1. The number of hydrogen-bond acceptors (Lipinski definition) is 3. The molecule has 1 amide bonds. The average molecular weight is 256 g/mol. The van der Waals surface area contributed by atoms with Gasteiger partial charge in [-0.1, -0.05) is 18.2 Å². The van der Waals surface area contributed by atoms with Gasteiger partial charge in [0.1, 0.15) is 0 Å². The van der Waals surface area contributed by atoms with Gasteiger partial charge in [-0.15, -0.1) is 0 Å². The molecule has 0 unspecified atom stereocenters. The summed E-state index contributed by atoms with van der Waals surface area (Å²) in [6.07, 6.45) is 2.92. The van der Waals surface area contributed by atoms with Gasteiger partial charge in [-0.25, -0.2) is 0 Å². The Morgan fingerprint density at radius 3 is 2.47 bits per heavy atom. The van der Waals surface area contributed by atoms with E-state index < -0.39 is 5.97 Å². The third-order valence-electron chi connectivity index (χ3n) is 2.55. The minimum absolute atomic E-state index is 0.132. The number of carbonyl (C=O) groups is 2. The van der Waals surface area contributed by atoms with E-state index in [9.17, 15) is 9.59 Å². The molecule has 0 saturated heterocycles. The van der Waals surface area contributed by atoms with E-state index in [4.69, 9.17) is 5.11 Å². The number of benzene rings is 1. The van der Waals surface area contributed by atoms with Gasteiger partial charge in [-0.05, 0) is 23.8 Å². The molecule has 0 atom stereocenters. The largest absolute Gasteiger partial charge is 0.481 e. The minimum atomic E-state index is -0.939. The molecule has 5 nitrogen and oxygen atoms in total. The van der Waals surface area contributed by atoms with E-state index in [-0.39, 0.29) is 12.3 Å². The summed E-state index contributed by atoms with van der Waals surface area (Å²) in [6, 6.07) is 10.0. The standard InChI is InChI=1S/C14H12N2O3/c17-13(18)9-11-3-1-2-4-12(11)16-14(19)10-5-7-15-8-6-10/h1-8H,9H2,(H,16,19)(H,17,18). The zero-order valence-electron chi connectivity index (χ0n) is 10.0. The summed E-state index contributed by atoms with van der Waals surface area (Å²) in [5.74, 6) is -1.23. The Labute approximate surface area is 109 Å². The molecule has 0 aliphatic heterocycles. The number of amides is 1. The molecule has 2 rings (SSSR count). The number of carbonyl (C=O) groups excluding carboxylic acids is 1. The Kier molecular flexibility index (Phi) is 3.87. The van der Waals surface area contributed by atoms with Crippen molar-refractivity contribution >= 4 is 17.6 Å². The highest BCUT2D eigenvalue weighted by molar-refractivity contribution is 6.04. The molecule has 0 aliphatic rings. The van der Waals surface area contributed by atoms with Crippen molar-refractivity contribution in [2.75, 3.05) is 5.32 Å². The zero-order valence-corrected chi connectivity index (χ0v) is 10.0. The van der Waals surface area contributed by atoms with Crippen LogP contribution in [0.2, 0.25) is 0 Å². The Balaban J connectivity index is 2.19. The highest BCUT2D eigenvalue weighted by Gasteiger charge is 2.10. The molecular weight excluding hydrogens is 244 g/mol. The number of aliphatic carboxylic acids is 1. The van der Waals surface area contributed by atoms with Gasteiger partial charge in [0.25, 0.3) is 5.91 Å². The predicted molar refractivity (Wildman–Crippen MR) is 70.0 cm³/mol. The van der Waals surface area contributed by atoms with Crippen LogP contribution in [0.3, 0.4) is 0 Å². The molecule has 2 aromatic rings. The van der Waals surface area contributed by atoms with Crippen LogP contribution in [0, 0.1) is 0 Å². The van der Waals surface area contributed by atoms with Gasteiger partial charge in [0.15, 0.2) is 0 Å². The lowest BCUT2D eigenvalue weighted by molar-refractivity contribution is -0.136. The molecular formula is C14H12N2O3. The number of para-hydroxylation sites is 1. The summed E-state index contributed by atoms with van der Waals surface area (Å²) in [5.41, 5.74) is 1.55. The maximum atomic E-state index is 12.0. The molecule has 1 heterocycles. The van der Waals surface area contributed by atoms with E-state index in [0.29, 0.717) is 16.8 Å². The van der Waals surface area contributed by atoms with Crippen LogP contribution in [0.1, 0.15) is 15.9 Å². The fourth-order valence-corrected chi connectivity index (χ4v) is 1.66. The van der Waals surface area contributed by atoms with Crippen molar-refractivity contribution in [1.82, 2.24) is 4.98 Å². The molecule has 0 radical (unpaired) electrons. The summed E-state index contributed by atoms with van der Waals surface area (Å²) < 4.78 is 0. The first kappa shape index (κ1) is 12.8. The summed E-state index contributed by atoms with van der Waals surface area (Å²) in [4.78, 5) is 26.6. The Bertz CT molecular complexity index is 597. The third kappa shape index (κ3) is 3.38. The lowest BCUT2D eigenvalue weighted by Crippen LogP contribution is -2.14. The van der Waals surface area contributed by atoms with Gasteiger partial charge in [0.05, 0.1) is 6.42 Å². The normalized spacial score (nSPS) is 9.89. The number of nitrogens with one attached hydrogen (secondary N) is 1. The lowest BCUT2D eigenvalue weighted by Gasteiger charge is -2.09. The van der Waals surface area contributed by atoms with E-state index in [1.54, 1.807) is 36.4 Å². The first-order valence-electron chi connectivity index (χ1n) is 5.68. The van der Waals surface area contributed by atoms with Gasteiger partial charge in [-0.3, -0.25) is 14.6 Å². The summed E-state index contributed by atoms with van der Waals surface area (Å²) in [6.45, 7) is 0. The maximum absolute atomic E-state index is 12.0. The summed E-state index contributed by atoms with van der Waals surface area (Å²) >= 11 is 0. The monoisotopic (exact) mass is 256 g/mol. The van der Waals surface area contributed by atoms with Crippen molar-refractivity contribution in [3.05, 3.63) is 59.9 Å². The molecule has 1 aromatic carbocycles. The second kappa shape index (κ2) is 5.77. The summed E-state index contributed by atoms with van der Waals surface area (Å²) in [7, 11) is 0. The Morgan fingerprint density at radius 2 is 1.79 bits per heavy atom. The quantitative estimate of drug-likeness (QED) is 0.876. The highest BCUT2D eigenvalue weighted by atomic mass is 16.4. The number of rotatable bonds is 4. The van der Waals surface area contributed by atoms with E-state index in [2.05, 4.69) is 10.3 Å². The first-order chi connectivity index (χ1) is 9.16. The van der Waals surface area contributed by atoms with Crippen LogP contribution < -0.4 is 5.32 Å². The molecule has 0 saturated carbocycles. The van der Waals surface area contributed by atoms with Crippen molar-refractivity contribution in [3.8, 4) is 0 Å². The second-order valence-electron chi connectivity index (χ2n) is 3.92. The minimum Gasteiger partial charge on any atom is -0.481 e. The zero-order chi connectivity index (χ0) is 13.7. The number of carboxylic acid groups (broad SMARTS) is 1. The molecule has 0 bridgehead atoms. The molecule has 5 heteroatoms. The first-order valence-corrected chi connectivity index (χ1v) is 5.68. The Hall–Kier alpha value is -2.69. The number of pyridine rings is 1. The molecule has 0 spiro atoms. The molecule has 19 heavy (non-hydrogen) atoms. The number of aromatic nitrogens is 1. The van der Waals surface area contributed by atoms with Gasteiger partial charge < -0.3 is 10.4 Å². The van der Waals surface area contributed by atoms with Crippen molar-refractivity contribution in [2.24, 2.45) is 0 Å². The third-order valence-corrected chi connectivity index (χ3v) is 2.55. The van der Waals surface area contributed by atoms with E-state index in [1.807, 2.05) is 0 Å². The number of hydrogen-bond donors (Lipinski definition) is 2. The van der Waals surface area contributed by atoms with Crippen molar-refractivity contribution in [2.45, 2.75) is 6.42 Å². The molecule has 96 valence electrons. The molecule has 0 aliphatic carbocycles. The molecule has 1 aromatic heterocycles. The highest BCUT2D eigenvalue weighted by Crippen LogP contribution is 2.16. The van der Waals surface area contributed by atoms with Crippen LogP contribution >= 0.6 is 0 Å². The van der Waals surface area contributed by atoms with Gasteiger partial charge in [0.2, 0.25) is 0 Å². The Morgan fingerprint density at radius 1 is 1.11 bits per heavy atom. The van der Waals surface area contributed by atoms with Crippen LogP contribution in [0.5, 0.6) is 0 Å². The summed E-state index contributed by atoms with van der Waals surface area (Å²) in [5, 5.41) is 11.5. The van der Waals surface area contributed by atoms with E-state index in [0.717, 1.165) is 0 Å². The van der Waals surface area contributed by atoms with Crippen LogP contribution in [0.25, 0.3) is 0 Å². The van der Waals surface area contributed by atoms with Crippen LogP contribution in [-0.4, -0.2) is 22.0 Å². The van der Waals surface area contributed by atoms with Crippen LogP contribution in [0.4, 0.5) is 5.69 Å². The number of anilines is 1. The van der Waals surface area contributed by atoms with E-state index in [1.165, 1.54) is 12.4 Å².